The van der Waals surface area contributed by atoms with E-state index in [1.165, 1.54) is 11.3 Å². The summed E-state index contributed by atoms with van der Waals surface area (Å²) in [6, 6.07) is 9.28. The van der Waals surface area contributed by atoms with Gasteiger partial charge in [-0.25, -0.2) is 0 Å². The lowest BCUT2D eigenvalue weighted by molar-refractivity contribution is -0.130. The fourth-order valence-electron chi connectivity index (χ4n) is 2.30. The number of halogens is 1. The minimum absolute atomic E-state index is 0.0450. The molecular formula is C17H20ClNO3S. The summed E-state index contributed by atoms with van der Waals surface area (Å²) in [4.78, 5) is 15.5. The average molecular weight is 354 g/mol. The van der Waals surface area contributed by atoms with Gasteiger partial charge in [0.1, 0.15) is 11.5 Å². The molecule has 1 aromatic heterocycles. The summed E-state index contributed by atoms with van der Waals surface area (Å²) in [5.74, 6) is 1.44. The fraction of sp³-hybridized carbons (Fsp3) is 0.353. The number of hydrogen-bond donors (Lipinski definition) is 0. The van der Waals surface area contributed by atoms with E-state index in [0.29, 0.717) is 24.6 Å². The van der Waals surface area contributed by atoms with Crippen molar-refractivity contribution in [2.24, 2.45) is 0 Å². The average Bonchev–Trinajstić information content (AvgIpc) is 2.97. The number of thiophene rings is 1. The third kappa shape index (κ3) is 4.62. The van der Waals surface area contributed by atoms with E-state index >= 15 is 0 Å². The third-order valence-corrected chi connectivity index (χ3v) is 4.76. The zero-order valence-electron chi connectivity index (χ0n) is 13.5. The van der Waals surface area contributed by atoms with Gasteiger partial charge in [-0.15, -0.1) is 11.3 Å². The molecule has 0 spiro atoms. The molecule has 1 aromatic carbocycles. The Morgan fingerprint density at radius 2 is 2.00 bits per heavy atom. The van der Waals surface area contributed by atoms with Crippen molar-refractivity contribution in [1.29, 1.82) is 0 Å². The predicted molar refractivity (Wildman–Crippen MR) is 93.7 cm³/mol. The molecule has 0 radical (unpaired) electrons. The topological polar surface area (TPSA) is 38.8 Å². The van der Waals surface area contributed by atoms with Gasteiger partial charge in [-0.1, -0.05) is 11.6 Å². The molecule has 6 heteroatoms. The highest BCUT2D eigenvalue weighted by Crippen LogP contribution is 2.26. The number of carbonyl (C=O) groups excluding carboxylic acids is 1. The smallest absolute Gasteiger partial charge is 0.227 e. The van der Waals surface area contributed by atoms with Crippen molar-refractivity contribution < 1.29 is 14.3 Å². The van der Waals surface area contributed by atoms with Gasteiger partial charge in [0.15, 0.2) is 0 Å². The Morgan fingerprint density at radius 3 is 2.57 bits per heavy atom. The normalized spacial score (nSPS) is 10.4. The number of ether oxygens (including phenoxy) is 2. The molecule has 4 nitrogen and oxygen atoms in total. The number of benzene rings is 1. The van der Waals surface area contributed by atoms with E-state index in [1.54, 1.807) is 19.1 Å². The Bertz CT molecular complexity index is 672. The van der Waals surface area contributed by atoms with Crippen molar-refractivity contribution in [3.05, 3.63) is 45.1 Å². The second-order valence-corrected chi connectivity index (χ2v) is 6.77. The first-order chi connectivity index (χ1) is 11.1. The highest BCUT2D eigenvalue weighted by Gasteiger charge is 2.16. The van der Waals surface area contributed by atoms with Crippen LogP contribution in [0.3, 0.4) is 0 Å². The second kappa shape index (κ2) is 8.22. The number of amides is 1. The Balaban J connectivity index is 2.12. The number of rotatable bonds is 7. The number of nitrogens with zero attached hydrogens (tertiary/aromatic N) is 1. The Kier molecular flexibility index (Phi) is 6.30. The van der Waals surface area contributed by atoms with Crippen molar-refractivity contribution in [2.75, 3.05) is 20.8 Å². The summed E-state index contributed by atoms with van der Waals surface area (Å²) in [5.41, 5.74) is 0.819. The molecule has 0 aliphatic rings. The highest BCUT2D eigenvalue weighted by atomic mass is 35.5. The van der Waals surface area contributed by atoms with E-state index in [-0.39, 0.29) is 12.3 Å². The lowest BCUT2D eigenvalue weighted by Gasteiger charge is -2.21. The molecule has 0 atom stereocenters. The number of methoxy groups -OCH3 is 2. The van der Waals surface area contributed by atoms with Gasteiger partial charge in [-0.3, -0.25) is 4.79 Å². The van der Waals surface area contributed by atoms with Crippen LogP contribution >= 0.6 is 22.9 Å². The van der Waals surface area contributed by atoms with Crippen LogP contribution in [0.5, 0.6) is 11.5 Å². The first-order valence-corrected chi connectivity index (χ1v) is 8.49. The molecule has 23 heavy (non-hydrogen) atoms. The van der Waals surface area contributed by atoms with Gasteiger partial charge in [-0.2, -0.15) is 0 Å². The van der Waals surface area contributed by atoms with Crippen LogP contribution in [0.2, 0.25) is 4.34 Å². The second-order valence-electron chi connectivity index (χ2n) is 4.97. The maximum absolute atomic E-state index is 12.6. The van der Waals surface area contributed by atoms with Gasteiger partial charge < -0.3 is 14.4 Å². The molecule has 2 rings (SSSR count). The maximum atomic E-state index is 12.6. The Hall–Kier alpha value is -1.72. The first-order valence-electron chi connectivity index (χ1n) is 7.30. The summed E-state index contributed by atoms with van der Waals surface area (Å²) >= 11 is 7.45. The molecule has 0 saturated carbocycles. The van der Waals surface area contributed by atoms with Crippen LogP contribution in [0, 0.1) is 0 Å². The summed E-state index contributed by atoms with van der Waals surface area (Å²) in [6.45, 7) is 3.18. The van der Waals surface area contributed by atoms with Gasteiger partial charge in [0.25, 0.3) is 0 Å². The standard InChI is InChI=1S/C17H20ClNO3S/c1-4-19(11-14-6-8-16(18)23-14)17(20)10-12-9-13(21-2)5-7-15(12)22-3/h5-9H,4,10-11H2,1-3H3. The van der Waals surface area contributed by atoms with E-state index in [4.69, 9.17) is 21.1 Å². The molecule has 0 N–H and O–H groups in total. The van der Waals surface area contributed by atoms with Crippen LogP contribution < -0.4 is 9.47 Å². The molecule has 0 unspecified atom stereocenters. The lowest BCUT2D eigenvalue weighted by atomic mass is 10.1. The maximum Gasteiger partial charge on any atom is 0.227 e. The Labute approximate surface area is 145 Å². The van der Waals surface area contributed by atoms with Crippen LogP contribution in [0.25, 0.3) is 0 Å². The fourth-order valence-corrected chi connectivity index (χ4v) is 3.40. The molecular weight excluding hydrogens is 334 g/mol. The van der Waals surface area contributed by atoms with Crippen LogP contribution in [-0.2, 0) is 17.8 Å². The monoisotopic (exact) mass is 353 g/mol. The third-order valence-electron chi connectivity index (χ3n) is 3.54. The van der Waals surface area contributed by atoms with Crippen molar-refractivity contribution >= 4 is 28.8 Å². The van der Waals surface area contributed by atoms with Gasteiger partial charge in [0, 0.05) is 17.0 Å². The zero-order chi connectivity index (χ0) is 16.8. The van der Waals surface area contributed by atoms with Gasteiger partial charge >= 0.3 is 0 Å². The van der Waals surface area contributed by atoms with Crippen molar-refractivity contribution in [3.63, 3.8) is 0 Å². The Morgan fingerprint density at radius 1 is 1.22 bits per heavy atom. The summed E-state index contributed by atoms with van der Waals surface area (Å²) in [6.07, 6.45) is 0.271. The minimum Gasteiger partial charge on any atom is -0.497 e. The molecule has 0 bridgehead atoms. The molecule has 0 aliphatic carbocycles. The number of carbonyl (C=O) groups is 1. The van der Waals surface area contributed by atoms with Crippen molar-refractivity contribution in [3.8, 4) is 11.5 Å². The van der Waals surface area contributed by atoms with Crippen LogP contribution in [-0.4, -0.2) is 31.6 Å². The van der Waals surface area contributed by atoms with Gasteiger partial charge in [0.05, 0.1) is 31.5 Å². The van der Waals surface area contributed by atoms with Crippen molar-refractivity contribution in [2.45, 2.75) is 19.9 Å². The molecule has 0 aliphatic heterocycles. The predicted octanol–water partition coefficient (Wildman–Crippen LogP) is 4.01. The van der Waals surface area contributed by atoms with Crippen LogP contribution in [0.15, 0.2) is 30.3 Å². The van der Waals surface area contributed by atoms with Crippen molar-refractivity contribution in [1.82, 2.24) is 4.90 Å². The minimum atomic E-state index is 0.0450. The van der Waals surface area contributed by atoms with E-state index < -0.39 is 0 Å². The first kappa shape index (κ1) is 17.6. The quantitative estimate of drug-likeness (QED) is 0.755. The molecule has 124 valence electrons. The highest BCUT2D eigenvalue weighted by molar-refractivity contribution is 7.16. The van der Waals surface area contributed by atoms with E-state index in [9.17, 15) is 4.79 Å². The lowest BCUT2D eigenvalue weighted by Crippen LogP contribution is -2.31. The largest absolute Gasteiger partial charge is 0.497 e. The van der Waals surface area contributed by atoms with Gasteiger partial charge in [0.2, 0.25) is 5.91 Å². The molecule has 0 saturated heterocycles. The summed E-state index contributed by atoms with van der Waals surface area (Å²) in [7, 11) is 3.20. The summed E-state index contributed by atoms with van der Waals surface area (Å²) in [5, 5.41) is 0. The van der Waals surface area contributed by atoms with E-state index in [2.05, 4.69) is 0 Å². The van der Waals surface area contributed by atoms with E-state index in [0.717, 1.165) is 14.8 Å². The SMILES string of the molecule is CCN(Cc1ccc(Cl)s1)C(=O)Cc1cc(OC)ccc1OC. The van der Waals surface area contributed by atoms with Crippen LogP contribution in [0.1, 0.15) is 17.4 Å². The molecule has 0 fully saturated rings. The van der Waals surface area contributed by atoms with Gasteiger partial charge in [-0.05, 0) is 37.3 Å². The molecule has 1 heterocycles. The molecule has 2 aromatic rings. The van der Waals surface area contributed by atoms with E-state index in [1.807, 2.05) is 37.3 Å². The number of hydrogen-bond acceptors (Lipinski definition) is 4. The van der Waals surface area contributed by atoms with Crippen LogP contribution in [0.4, 0.5) is 0 Å². The number of likely N-dealkylation sites (N-methyl/N-ethyl adjacent to an activating group) is 1. The summed E-state index contributed by atoms with van der Waals surface area (Å²) < 4.78 is 11.3. The molecule has 1 amide bonds. The zero-order valence-corrected chi connectivity index (χ0v) is 15.0.